The standard InChI is InChI=1S/C26H23N2Si.C22H23N2Si.C20H18NSSi.3C14H16NSi.3Ir/c1-29(2,3)21-15-16-27-24(18-21)19-13-14-26-23(17-19)22-11-7-8-12-25(22)28(26)20-9-5-4-6-10-20;1-5-24-19-10-7-6-9-17(19)18-15-16(12-13-20(18)24)22-21(25(2,3)4)11-8-14-23-22;1-23(2,3)19-9-6-12-21-20(19)14-10-11-18-16(13-14)15-7-4-5-8-17(15)22-18;1-16(2,3)13-10-7-11-15-14(13)12-8-5-4-6-9-12;1-16(2,3)13-9-10-15-14(11-13)12-7-5-4-6-8-12;1-16(2,3)13-9-10-14(15-11-13)12-7-5-4-6-8-12;;;/h4-12,14-18H,1-3H3;6-11,13-15H,5H2,1-4H3;4-9,11-13H,1-3H3;4-8,10-11H,1-3H3;2*4-7,9-11H,1-3H3;;;/q6*-1;;;. The van der Waals surface area contributed by atoms with Crippen molar-refractivity contribution in [2.24, 2.45) is 0 Å². The van der Waals surface area contributed by atoms with Gasteiger partial charge in [0.15, 0.2) is 0 Å². The van der Waals surface area contributed by atoms with Gasteiger partial charge in [0.1, 0.15) is 0 Å². The van der Waals surface area contributed by atoms with Crippen LogP contribution < -0.4 is 31.1 Å². The van der Waals surface area contributed by atoms with Gasteiger partial charge in [-0.1, -0.05) is 275 Å². The van der Waals surface area contributed by atoms with Crippen molar-refractivity contribution in [3.05, 3.63) is 359 Å². The van der Waals surface area contributed by atoms with Crippen LogP contribution in [-0.2, 0) is 66.9 Å². The number of para-hydroxylation sites is 3. The van der Waals surface area contributed by atoms with Gasteiger partial charge in [-0.2, -0.15) is 11.3 Å². The summed E-state index contributed by atoms with van der Waals surface area (Å²) in [5.41, 5.74) is 18.9. The van der Waals surface area contributed by atoms with Gasteiger partial charge in [-0.3, -0.25) is 0 Å². The van der Waals surface area contributed by atoms with E-state index >= 15 is 0 Å². The van der Waals surface area contributed by atoms with E-state index in [0.717, 1.165) is 74.1 Å². The van der Waals surface area contributed by atoms with Crippen molar-refractivity contribution in [1.82, 2.24) is 39.0 Å². The Morgan fingerprint density at radius 3 is 1.18 bits per heavy atom. The predicted molar refractivity (Wildman–Crippen MR) is 555 cm³/mol. The molecule has 9 aromatic heterocycles. The van der Waals surface area contributed by atoms with Crippen LogP contribution in [0, 0.1) is 36.4 Å². The molecule has 19 rings (SSSR count). The third-order valence-electron chi connectivity index (χ3n) is 22.4. The van der Waals surface area contributed by atoms with Gasteiger partial charge in [0.25, 0.3) is 0 Å². The van der Waals surface area contributed by atoms with Crippen molar-refractivity contribution in [3.63, 3.8) is 0 Å². The summed E-state index contributed by atoms with van der Waals surface area (Å²) >= 11 is 1.83. The Kier molecular flexibility index (Phi) is 33.0. The van der Waals surface area contributed by atoms with Gasteiger partial charge >= 0.3 is 0 Å². The molecule has 0 saturated heterocycles. The van der Waals surface area contributed by atoms with Gasteiger partial charge in [-0.15, -0.1) is 179 Å². The smallest absolute Gasteiger partial charge is 0.0795 e. The summed E-state index contributed by atoms with van der Waals surface area (Å²) < 4.78 is 7.31. The summed E-state index contributed by atoms with van der Waals surface area (Å²) in [6.45, 7) is 45.5. The molecule has 0 aliphatic rings. The molecule has 19 aromatic rings. The maximum atomic E-state index is 4.73. The van der Waals surface area contributed by atoms with E-state index in [1.807, 2.05) is 115 Å². The fourth-order valence-corrected chi connectivity index (χ4v) is 24.5. The molecule has 0 unspecified atom stereocenters. The summed E-state index contributed by atoms with van der Waals surface area (Å²) in [5.74, 6) is 0. The van der Waals surface area contributed by atoms with Crippen LogP contribution >= 0.6 is 11.3 Å². The Bertz CT molecular complexity index is 6910. The molecule has 18 heteroatoms. The Morgan fingerprint density at radius 2 is 0.688 bits per heavy atom. The zero-order chi connectivity index (χ0) is 88.4. The second-order valence-corrected chi connectivity index (χ2v) is 69.2. The topological polar surface area (TPSA) is 87.2 Å². The van der Waals surface area contributed by atoms with Gasteiger partial charge in [-0.25, -0.2) is 0 Å². The molecule has 0 amide bonds. The molecule has 0 spiro atoms. The molecule has 0 bridgehead atoms. The number of hydrogen-bond acceptors (Lipinski definition) is 7. The number of benzene rings is 10. The molecular formula is C110H112Ir3N8SSi6-6. The largest absolute Gasteiger partial charge is 0.381 e. The third kappa shape index (κ3) is 23.7. The average molecular weight is 2320 g/mol. The molecule has 0 atom stereocenters. The Morgan fingerprint density at radius 1 is 0.273 bits per heavy atom. The normalized spacial score (nSPS) is 11.6. The number of fused-ring (bicyclic) bond motifs is 9. The fourth-order valence-electron chi connectivity index (χ4n) is 15.6. The number of thiophene rings is 1. The Labute approximate surface area is 809 Å². The minimum absolute atomic E-state index is 0. The van der Waals surface area contributed by atoms with Gasteiger partial charge < -0.3 is 39.0 Å². The SMILES string of the molecule is CCn1c2c[c-]c(-c3ncccc3[Si](C)(C)C)cc2c2ccccc21.C[Si](C)(C)c1ccc(-c2[c-]cccc2)nc1.C[Si](C)(C)c1cccnc1-c1[c-]cc2sc3ccccc3c2c1.C[Si](C)(C)c1cccnc1-c1[c-]cccc1.C[Si](C)(C)c1ccnc(-c2[c-]cc3c(c2)c2ccccc2n3-c2ccccc2)c1.C[Si](C)(C)c1ccnc(-c2[c-]cccc2)c1.[Ir].[Ir].[Ir]. The van der Waals surface area contributed by atoms with E-state index < -0.39 is 48.4 Å². The van der Waals surface area contributed by atoms with Gasteiger partial charge in [0, 0.05) is 125 Å². The molecular weight excluding hydrogens is 2210 g/mol. The van der Waals surface area contributed by atoms with Crippen LogP contribution in [0.15, 0.2) is 322 Å². The summed E-state index contributed by atoms with van der Waals surface area (Å²) in [5, 5.41) is 16.2. The predicted octanol–water partition coefficient (Wildman–Crippen LogP) is 26.1. The van der Waals surface area contributed by atoms with Crippen LogP contribution in [-0.4, -0.2) is 87.5 Å². The summed E-state index contributed by atoms with van der Waals surface area (Å²) in [4.78, 5) is 27.5. The maximum absolute atomic E-state index is 4.73. The second-order valence-electron chi connectivity index (χ2n) is 37.8. The van der Waals surface area contributed by atoms with Crippen molar-refractivity contribution in [3.8, 4) is 73.2 Å². The maximum Gasteiger partial charge on any atom is 0.0795 e. The minimum atomic E-state index is -1.47. The van der Waals surface area contributed by atoms with E-state index in [4.69, 9.17) is 9.97 Å². The number of aromatic nitrogens is 8. The van der Waals surface area contributed by atoms with E-state index in [1.165, 1.54) is 101 Å². The van der Waals surface area contributed by atoms with Crippen LogP contribution in [0.25, 0.3) is 137 Å². The Hall–Kier alpha value is -9.83. The molecule has 0 aliphatic heterocycles. The van der Waals surface area contributed by atoms with Crippen LogP contribution in [0.2, 0.25) is 118 Å². The molecule has 128 heavy (non-hydrogen) atoms. The van der Waals surface area contributed by atoms with Crippen molar-refractivity contribution in [2.75, 3.05) is 0 Å². The molecule has 9 heterocycles. The number of nitrogens with zero attached hydrogens (tertiary/aromatic N) is 8. The summed E-state index contributed by atoms with van der Waals surface area (Å²) in [6.07, 6.45) is 11.5. The molecule has 8 nitrogen and oxygen atoms in total. The summed E-state index contributed by atoms with van der Waals surface area (Å²) in [6, 6.07) is 120. The van der Waals surface area contributed by atoms with E-state index in [2.05, 4.69) is 409 Å². The van der Waals surface area contributed by atoms with Crippen molar-refractivity contribution in [2.45, 2.75) is 131 Å². The van der Waals surface area contributed by atoms with Crippen molar-refractivity contribution >= 4 is 155 Å². The average Bonchev–Trinajstić information content (AvgIpc) is 1.61. The van der Waals surface area contributed by atoms with Gasteiger partial charge in [0.2, 0.25) is 0 Å². The summed E-state index contributed by atoms with van der Waals surface area (Å²) in [7, 11) is -8.13. The van der Waals surface area contributed by atoms with E-state index in [-0.39, 0.29) is 60.3 Å². The van der Waals surface area contributed by atoms with Crippen LogP contribution in [0.5, 0.6) is 0 Å². The molecule has 0 N–H and O–H groups in total. The monoisotopic (exact) mass is 2320 g/mol. The number of hydrogen-bond donors (Lipinski definition) is 0. The molecule has 0 fully saturated rings. The van der Waals surface area contributed by atoms with E-state index in [9.17, 15) is 0 Å². The number of pyridine rings is 6. The first-order valence-corrected chi connectivity index (χ1v) is 65.1. The van der Waals surface area contributed by atoms with Gasteiger partial charge in [-0.05, 0) is 139 Å². The van der Waals surface area contributed by atoms with Crippen LogP contribution in [0.3, 0.4) is 0 Å². The first kappa shape index (κ1) is 98.8. The number of aryl methyl sites for hydroxylation is 1. The molecule has 3 radical (unpaired) electrons. The molecule has 0 saturated carbocycles. The zero-order valence-electron chi connectivity index (χ0n) is 76.8. The van der Waals surface area contributed by atoms with E-state index in [1.54, 1.807) is 0 Å². The van der Waals surface area contributed by atoms with Crippen molar-refractivity contribution in [1.29, 1.82) is 0 Å². The molecule has 655 valence electrons. The van der Waals surface area contributed by atoms with E-state index in [0.29, 0.717) is 0 Å². The first-order valence-electron chi connectivity index (χ1n) is 43.2. The van der Waals surface area contributed by atoms with Crippen LogP contribution in [0.4, 0.5) is 0 Å². The van der Waals surface area contributed by atoms with Crippen LogP contribution in [0.1, 0.15) is 6.92 Å². The molecule has 10 aromatic carbocycles. The second kappa shape index (κ2) is 42.8. The quantitative estimate of drug-likeness (QED) is 0.0796. The van der Waals surface area contributed by atoms with Crippen molar-refractivity contribution < 1.29 is 60.3 Å². The number of rotatable bonds is 14. The van der Waals surface area contributed by atoms with Gasteiger partial charge in [0.05, 0.1) is 48.4 Å². The first-order chi connectivity index (χ1) is 59.8. The Balaban J connectivity index is 0.000000150. The zero-order valence-corrected chi connectivity index (χ0v) is 90.8. The third-order valence-corrected chi connectivity index (χ3v) is 35.7. The molecule has 0 aliphatic carbocycles. The fraction of sp³-hybridized carbons (Fsp3) is 0.182. The minimum Gasteiger partial charge on any atom is -0.381 e.